The molecule has 2 aromatic carbocycles. The predicted molar refractivity (Wildman–Crippen MR) is 69.2 cm³/mol. The summed E-state index contributed by atoms with van der Waals surface area (Å²) in [6, 6.07) is 10.8. The largest absolute Gasteiger partial charge is 0.548 e. The fourth-order valence-electron chi connectivity index (χ4n) is 1.65. The SMILES string of the molecule is O=C([O-])[C@@H](Nc1ccc(F)cc1)c1ccc(Cl)cc1. The minimum absolute atomic E-state index is 0.387. The van der Waals surface area contributed by atoms with E-state index in [0.29, 0.717) is 16.3 Å². The molecule has 2 aromatic rings. The van der Waals surface area contributed by atoms with Gasteiger partial charge in [-0.15, -0.1) is 0 Å². The van der Waals surface area contributed by atoms with E-state index in [4.69, 9.17) is 11.6 Å². The number of carbonyl (C=O) groups is 1. The Morgan fingerprint density at radius 1 is 1.11 bits per heavy atom. The molecular weight excluding hydrogens is 269 g/mol. The maximum Gasteiger partial charge on any atom is 0.123 e. The molecule has 2 rings (SSSR count). The van der Waals surface area contributed by atoms with E-state index >= 15 is 0 Å². The monoisotopic (exact) mass is 278 g/mol. The highest BCUT2D eigenvalue weighted by Gasteiger charge is 2.12. The van der Waals surface area contributed by atoms with E-state index in [2.05, 4.69) is 5.32 Å². The van der Waals surface area contributed by atoms with Gasteiger partial charge in [-0.05, 0) is 42.0 Å². The van der Waals surface area contributed by atoms with Crippen LogP contribution in [0, 0.1) is 5.82 Å². The van der Waals surface area contributed by atoms with Gasteiger partial charge in [0.2, 0.25) is 0 Å². The van der Waals surface area contributed by atoms with Gasteiger partial charge in [0.25, 0.3) is 0 Å². The Kier molecular flexibility index (Phi) is 4.02. The van der Waals surface area contributed by atoms with Gasteiger partial charge in [0.05, 0.1) is 12.0 Å². The molecule has 0 saturated heterocycles. The van der Waals surface area contributed by atoms with Crippen LogP contribution in [0.15, 0.2) is 48.5 Å². The summed E-state index contributed by atoms with van der Waals surface area (Å²) in [5.41, 5.74) is 0.999. The zero-order chi connectivity index (χ0) is 13.8. The molecule has 0 heterocycles. The highest BCUT2D eigenvalue weighted by atomic mass is 35.5. The van der Waals surface area contributed by atoms with Gasteiger partial charge in [0.15, 0.2) is 0 Å². The van der Waals surface area contributed by atoms with Crippen LogP contribution in [0.5, 0.6) is 0 Å². The molecule has 19 heavy (non-hydrogen) atoms. The third-order valence-electron chi connectivity index (χ3n) is 2.59. The molecule has 0 amide bonds. The Morgan fingerprint density at radius 2 is 1.68 bits per heavy atom. The molecular formula is C14H10ClFNO2-. The van der Waals surface area contributed by atoms with Crippen LogP contribution < -0.4 is 10.4 Å². The Balaban J connectivity index is 2.23. The van der Waals surface area contributed by atoms with E-state index < -0.39 is 12.0 Å². The number of carboxylic acids is 1. The van der Waals surface area contributed by atoms with Crippen molar-refractivity contribution in [3.63, 3.8) is 0 Å². The number of halogens is 2. The summed E-state index contributed by atoms with van der Waals surface area (Å²) in [6.07, 6.45) is 0. The van der Waals surface area contributed by atoms with Crippen molar-refractivity contribution >= 4 is 23.3 Å². The van der Waals surface area contributed by atoms with Crippen LogP contribution in [-0.4, -0.2) is 5.97 Å². The molecule has 1 N–H and O–H groups in total. The van der Waals surface area contributed by atoms with Crippen LogP contribution in [0.1, 0.15) is 11.6 Å². The minimum atomic E-state index is -1.27. The Labute approximate surface area is 114 Å². The molecule has 98 valence electrons. The first kappa shape index (κ1) is 13.4. The van der Waals surface area contributed by atoms with Gasteiger partial charge in [0.1, 0.15) is 5.82 Å². The van der Waals surface area contributed by atoms with Gasteiger partial charge in [-0.25, -0.2) is 4.39 Å². The second kappa shape index (κ2) is 5.71. The van der Waals surface area contributed by atoms with Gasteiger partial charge in [0, 0.05) is 10.7 Å². The number of anilines is 1. The summed E-state index contributed by atoms with van der Waals surface area (Å²) in [5, 5.41) is 14.5. The third kappa shape index (κ3) is 3.45. The molecule has 0 aliphatic rings. The molecule has 0 aromatic heterocycles. The number of carboxylic acid groups (broad SMARTS) is 1. The number of carbonyl (C=O) groups excluding carboxylic acids is 1. The molecule has 0 unspecified atom stereocenters. The number of hydrogen-bond acceptors (Lipinski definition) is 3. The van der Waals surface area contributed by atoms with Crippen LogP contribution in [-0.2, 0) is 4.79 Å². The van der Waals surface area contributed by atoms with E-state index in [1.54, 1.807) is 24.3 Å². The van der Waals surface area contributed by atoms with Gasteiger partial charge >= 0.3 is 0 Å². The summed E-state index contributed by atoms with van der Waals surface area (Å²) in [7, 11) is 0. The van der Waals surface area contributed by atoms with Crippen molar-refractivity contribution in [1.29, 1.82) is 0 Å². The second-order valence-electron chi connectivity index (χ2n) is 3.95. The standard InChI is InChI=1S/C14H11ClFNO2/c15-10-3-1-9(2-4-10)13(14(18)19)17-12-7-5-11(16)6-8-12/h1-8,13,17H,(H,18,19)/p-1/t13-/m0/s1. The molecule has 3 nitrogen and oxygen atoms in total. The molecule has 1 atom stereocenters. The maximum atomic E-state index is 12.8. The van der Waals surface area contributed by atoms with Crippen LogP contribution in [0.2, 0.25) is 5.02 Å². The molecule has 0 bridgehead atoms. The Morgan fingerprint density at radius 3 is 2.21 bits per heavy atom. The molecule has 0 aliphatic heterocycles. The molecule has 0 fully saturated rings. The first-order chi connectivity index (χ1) is 9.06. The number of benzene rings is 2. The summed E-state index contributed by atoms with van der Waals surface area (Å²) < 4.78 is 12.8. The van der Waals surface area contributed by atoms with Crippen molar-refractivity contribution in [3.05, 3.63) is 64.9 Å². The normalized spacial score (nSPS) is 11.9. The fraction of sp³-hybridized carbons (Fsp3) is 0.0714. The van der Waals surface area contributed by atoms with Gasteiger partial charge in [-0.2, -0.15) is 0 Å². The third-order valence-corrected chi connectivity index (χ3v) is 2.85. The van der Waals surface area contributed by atoms with Crippen molar-refractivity contribution in [2.24, 2.45) is 0 Å². The van der Waals surface area contributed by atoms with E-state index in [9.17, 15) is 14.3 Å². The first-order valence-electron chi connectivity index (χ1n) is 5.54. The van der Waals surface area contributed by atoms with E-state index in [1.165, 1.54) is 24.3 Å². The zero-order valence-corrected chi connectivity index (χ0v) is 10.5. The lowest BCUT2D eigenvalue weighted by molar-refractivity contribution is -0.307. The lowest BCUT2D eigenvalue weighted by Crippen LogP contribution is -2.34. The highest BCUT2D eigenvalue weighted by Crippen LogP contribution is 2.21. The van der Waals surface area contributed by atoms with E-state index in [-0.39, 0.29) is 5.82 Å². The van der Waals surface area contributed by atoms with E-state index in [0.717, 1.165) is 0 Å². The lowest BCUT2D eigenvalue weighted by atomic mass is 10.1. The number of hydrogen-bond donors (Lipinski definition) is 1. The van der Waals surface area contributed by atoms with Crippen molar-refractivity contribution < 1.29 is 14.3 Å². The van der Waals surface area contributed by atoms with Crippen LogP contribution in [0.3, 0.4) is 0 Å². The van der Waals surface area contributed by atoms with Gasteiger partial charge in [-0.3, -0.25) is 0 Å². The average molecular weight is 279 g/mol. The van der Waals surface area contributed by atoms with Crippen LogP contribution >= 0.6 is 11.6 Å². The summed E-state index contributed by atoms with van der Waals surface area (Å²) in [4.78, 5) is 11.2. The second-order valence-corrected chi connectivity index (χ2v) is 4.39. The van der Waals surface area contributed by atoms with Crippen LogP contribution in [0.4, 0.5) is 10.1 Å². The summed E-state index contributed by atoms with van der Waals surface area (Å²) in [5.74, 6) is -1.66. The van der Waals surface area contributed by atoms with Crippen molar-refractivity contribution in [3.8, 4) is 0 Å². The summed E-state index contributed by atoms with van der Waals surface area (Å²) in [6.45, 7) is 0. The summed E-state index contributed by atoms with van der Waals surface area (Å²) >= 11 is 5.75. The topological polar surface area (TPSA) is 52.2 Å². The number of nitrogens with one attached hydrogen (secondary N) is 1. The van der Waals surface area contributed by atoms with Gasteiger partial charge < -0.3 is 15.2 Å². The first-order valence-corrected chi connectivity index (χ1v) is 5.92. The molecule has 0 saturated carbocycles. The minimum Gasteiger partial charge on any atom is -0.548 e. The average Bonchev–Trinajstić information content (AvgIpc) is 2.39. The smallest absolute Gasteiger partial charge is 0.123 e. The number of aliphatic carboxylic acids is 1. The quantitative estimate of drug-likeness (QED) is 0.934. The molecule has 5 heteroatoms. The fourth-order valence-corrected chi connectivity index (χ4v) is 1.77. The van der Waals surface area contributed by atoms with Gasteiger partial charge in [-0.1, -0.05) is 23.7 Å². The molecule has 0 radical (unpaired) electrons. The van der Waals surface area contributed by atoms with E-state index in [1.807, 2.05) is 0 Å². The number of rotatable bonds is 4. The van der Waals surface area contributed by atoms with Crippen molar-refractivity contribution in [1.82, 2.24) is 0 Å². The van der Waals surface area contributed by atoms with Crippen molar-refractivity contribution in [2.75, 3.05) is 5.32 Å². The Hall–Kier alpha value is -2.07. The maximum absolute atomic E-state index is 12.8. The van der Waals surface area contributed by atoms with Crippen LogP contribution in [0.25, 0.3) is 0 Å². The Bertz CT molecular complexity index is 569. The molecule has 0 spiro atoms. The lowest BCUT2D eigenvalue weighted by Gasteiger charge is -2.21. The zero-order valence-electron chi connectivity index (χ0n) is 9.77. The highest BCUT2D eigenvalue weighted by molar-refractivity contribution is 6.30. The predicted octanol–water partition coefficient (Wildman–Crippen LogP) is 2.38. The molecule has 0 aliphatic carbocycles. The van der Waals surface area contributed by atoms with Crippen molar-refractivity contribution in [2.45, 2.75) is 6.04 Å².